The largest absolute Gasteiger partial charge is 0.472 e. The molecule has 0 unspecified atom stereocenters. The number of benzene rings is 1. The molecule has 1 aromatic heterocycles. The number of anilines is 1. The quantitative estimate of drug-likeness (QED) is 0.861. The van der Waals surface area contributed by atoms with Crippen molar-refractivity contribution in [2.45, 2.75) is 13.5 Å². The van der Waals surface area contributed by atoms with Crippen LogP contribution < -0.4 is 5.32 Å². The molecule has 0 aliphatic heterocycles. The van der Waals surface area contributed by atoms with Crippen LogP contribution in [0.4, 0.5) is 14.5 Å². The second kappa shape index (κ2) is 4.35. The topological polar surface area (TPSA) is 25.2 Å². The van der Waals surface area contributed by atoms with E-state index in [-0.39, 0.29) is 5.69 Å². The number of hydrogen-bond donors (Lipinski definition) is 1. The summed E-state index contributed by atoms with van der Waals surface area (Å²) in [4.78, 5) is 0. The second-order valence-corrected chi connectivity index (χ2v) is 3.54. The molecule has 0 spiro atoms. The predicted octanol–water partition coefficient (Wildman–Crippen LogP) is 3.48. The summed E-state index contributed by atoms with van der Waals surface area (Å²) in [6, 6.07) is 4.39. The Morgan fingerprint density at radius 2 is 2.06 bits per heavy atom. The van der Waals surface area contributed by atoms with E-state index in [0.29, 0.717) is 12.1 Å². The van der Waals surface area contributed by atoms with Crippen LogP contribution in [0.5, 0.6) is 0 Å². The molecule has 2 rings (SSSR count). The molecule has 16 heavy (non-hydrogen) atoms. The average molecular weight is 223 g/mol. The smallest absolute Gasteiger partial charge is 0.152 e. The molecule has 0 saturated heterocycles. The summed E-state index contributed by atoms with van der Waals surface area (Å²) in [6.07, 6.45) is 3.04. The minimum atomic E-state index is -0.591. The van der Waals surface area contributed by atoms with Crippen LogP contribution in [0.1, 0.15) is 11.1 Å². The molecule has 0 fully saturated rings. The summed E-state index contributed by atoms with van der Waals surface area (Å²) >= 11 is 0. The molecular formula is C12H11F2NO. The summed E-state index contributed by atoms with van der Waals surface area (Å²) < 4.78 is 31.8. The van der Waals surface area contributed by atoms with Crippen molar-refractivity contribution < 1.29 is 13.2 Å². The van der Waals surface area contributed by atoms with Gasteiger partial charge in [0, 0.05) is 12.1 Å². The zero-order valence-electron chi connectivity index (χ0n) is 8.76. The van der Waals surface area contributed by atoms with E-state index in [1.54, 1.807) is 13.0 Å². The summed E-state index contributed by atoms with van der Waals surface area (Å²) in [5, 5.41) is 2.71. The molecule has 1 heterocycles. The predicted molar refractivity (Wildman–Crippen MR) is 57.1 cm³/mol. The van der Waals surface area contributed by atoms with Gasteiger partial charge in [-0.15, -0.1) is 0 Å². The zero-order valence-corrected chi connectivity index (χ0v) is 8.76. The van der Waals surface area contributed by atoms with Crippen LogP contribution >= 0.6 is 0 Å². The van der Waals surface area contributed by atoms with Gasteiger partial charge in [0.1, 0.15) is 11.5 Å². The molecule has 84 valence electrons. The number of nitrogens with one attached hydrogen (secondary N) is 1. The third-order valence-electron chi connectivity index (χ3n) is 2.33. The van der Waals surface area contributed by atoms with Gasteiger partial charge in [-0.05, 0) is 24.6 Å². The van der Waals surface area contributed by atoms with Crippen molar-refractivity contribution in [3.8, 4) is 0 Å². The number of halogens is 2. The second-order valence-electron chi connectivity index (χ2n) is 3.54. The lowest BCUT2D eigenvalue weighted by atomic mass is 10.2. The molecule has 0 bridgehead atoms. The molecule has 0 saturated carbocycles. The number of hydrogen-bond acceptors (Lipinski definition) is 2. The van der Waals surface area contributed by atoms with E-state index in [1.807, 2.05) is 0 Å². The van der Waals surface area contributed by atoms with Crippen LogP contribution in [0, 0.1) is 18.6 Å². The monoisotopic (exact) mass is 223 g/mol. The van der Waals surface area contributed by atoms with Gasteiger partial charge < -0.3 is 9.73 Å². The first-order chi connectivity index (χ1) is 7.68. The molecule has 0 aliphatic rings. The van der Waals surface area contributed by atoms with E-state index >= 15 is 0 Å². The highest BCUT2D eigenvalue weighted by molar-refractivity contribution is 5.49. The highest BCUT2D eigenvalue weighted by atomic mass is 19.1. The highest BCUT2D eigenvalue weighted by Crippen LogP contribution is 2.22. The Bertz CT molecular complexity index is 480. The Balaban J connectivity index is 2.18. The summed E-state index contributed by atoms with van der Waals surface area (Å²) in [5.41, 5.74) is 1.15. The molecule has 0 radical (unpaired) electrons. The third kappa shape index (κ3) is 2.05. The highest BCUT2D eigenvalue weighted by Gasteiger charge is 2.10. The van der Waals surface area contributed by atoms with Gasteiger partial charge in [-0.3, -0.25) is 0 Å². The van der Waals surface area contributed by atoms with E-state index < -0.39 is 11.6 Å². The first kappa shape index (κ1) is 10.7. The van der Waals surface area contributed by atoms with Crippen molar-refractivity contribution in [3.63, 3.8) is 0 Å². The van der Waals surface area contributed by atoms with Crippen molar-refractivity contribution in [1.29, 1.82) is 0 Å². The fourth-order valence-corrected chi connectivity index (χ4v) is 1.40. The molecule has 1 aromatic carbocycles. The van der Waals surface area contributed by atoms with Gasteiger partial charge in [-0.25, -0.2) is 8.78 Å². The van der Waals surface area contributed by atoms with E-state index in [4.69, 9.17) is 4.42 Å². The van der Waals surface area contributed by atoms with E-state index in [2.05, 4.69) is 5.32 Å². The molecular weight excluding hydrogens is 212 g/mol. The lowest BCUT2D eigenvalue weighted by molar-refractivity contribution is 0.563. The SMILES string of the molecule is Cc1ccc(F)c(NCc2ccoc2)c1F. The summed E-state index contributed by atoms with van der Waals surface area (Å²) in [6.45, 7) is 1.92. The Labute approximate surface area is 91.9 Å². The van der Waals surface area contributed by atoms with Crippen LogP contribution in [-0.4, -0.2) is 0 Å². The van der Waals surface area contributed by atoms with Crippen molar-refractivity contribution >= 4 is 5.69 Å². The molecule has 1 N–H and O–H groups in total. The summed E-state index contributed by atoms with van der Waals surface area (Å²) in [5.74, 6) is -1.14. The molecule has 2 nitrogen and oxygen atoms in total. The van der Waals surface area contributed by atoms with Gasteiger partial charge in [0.05, 0.1) is 12.5 Å². The van der Waals surface area contributed by atoms with Crippen LogP contribution in [0.3, 0.4) is 0 Å². The number of furan rings is 1. The van der Waals surface area contributed by atoms with Gasteiger partial charge in [-0.1, -0.05) is 6.07 Å². The van der Waals surface area contributed by atoms with Crippen LogP contribution in [0.15, 0.2) is 35.1 Å². The van der Waals surface area contributed by atoms with Gasteiger partial charge in [0.15, 0.2) is 5.82 Å². The van der Waals surface area contributed by atoms with Crippen molar-refractivity contribution in [1.82, 2.24) is 0 Å². The minimum Gasteiger partial charge on any atom is -0.472 e. The Kier molecular flexibility index (Phi) is 2.90. The molecule has 4 heteroatoms. The fourth-order valence-electron chi connectivity index (χ4n) is 1.40. The fraction of sp³-hybridized carbons (Fsp3) is 0.167. The van der Waals surface area contributed by atoms with E-state index in [1.165, 1.54) is 24.7 Å². The number of aryl methyl sites for hydroxylation is 1. The lowest BCUT2D eigenvalue weighted by Crippen LogP contribution is -2.04. The minimum absolute atomic E-state index is 0.0961. The van der Waals surface area contributed by atoms with Gasteiger partial charge in [0.25, 0.3) is 0 Å². The van der Waals surface area contributed by atoms with Gasteiger partial charge in [-0.2, -0.15) is 0 Å². The average Bonchev–Trinajstić information content (AvgIpc) is 2.77. The maximum absolute atomic E-state index is 13.6. The first-order valence-corrected chi connectivity index (χ1v) is 4.88. The first-order valence-electron chi connectivity index (χ1n) is 4.88. The molecule has 0 amide bonds. The third-order valence-corrected chi connectivity index (χ3v) is 2.33. The maximum atomic E-state index is 13.6. The Morgan fingerprint density at radius 1 is 1.25 bits per heavy atom. The van der Waals surface area contributed by atoms with Crippen LogP contribution in [0.25, 0.3) is 0 Å². The van der Waals surface area contributed by atoms with Crippen LogP contribution in [-0.2, 0) is 6.54 Å². The van der Waals surface area contributed by atoms with Crippen LogP contribution in [0.2, 0.25) is 0 Å². The summed E-state index contributed by atoms with van der Waals surface area (Å²) in [7, 11) is 0. The van der Waals surface area contributed by atoms with Gasteiger partial charge >= 0.3 is 0 Å². The molecule has 2 aromatic rings. The lowest BCUT2D eigenvalue weighted by Gasteiger charge is -2.09. The zero-order chi connectivity index (χ0) is 11.5. The maximum Gasteiger partial charge on any atom is 0.152 e. The van der Waals surface area contributed by atoms with Crippen molar-refractivity contribution in [2.75, 3.05) is 5.32 Å². The Hall–Kier alpha value is -1.84. The van der Waals surface area contributed by atoms with E-state index in [0.717, 1.165) is 5.56 Å². The Morgan fingerprint density at radius 3 is 2.75 bits per heavy atom. The standard InChI is InChI=1S/C12H11F2NO/c1-8-2-3-10(13)12(11(8)14)15-6-9-4-5-16-7-9/h2-5,7,15H,6H2,1H3. The normalized spacial score (nSPS) is 10.4. The molecule has 0 aliphatic carbocycles. The van der Waals surface area contributed by atoms with Gasteiger partial charge in [0.2, 0.25) is 0 Å². The molecule has 0 atom stereocenters. The number of rotatable bonds is 3. The van der Waals surface area contributed by atoms with Crippen molar-refractivity contribution in [2.24, 2.45) is 0 Å². The van der Waals surface area contributed by atoms with E-state index in [9.17, 15) is 8.78 Å². The van der Waals surface area contributed by atoms with Crippen molar-refractivity contribution in [3.05, 3.63) is 53.5 Å².